The summed E-state index contributed by atoms with van der Waals surface area (Å²) >= 11 is 0. The van der Waals surface area contributed by atoms with Crippen LogP contribution in [0.3, 0.4) is 0 Å². The molecular formula is C69H65BN2O2. The van der Waals surface area contributed by atoms with Gasteiger partial charge in [0, 0.05) is 57.1 Å². The molecule has 366 valence electrons. The zero-order chi connectivity index (χ0) is 50.8. The molecule has 13 rings (SSSR count). The predicted molar refractivity (Wildman–Crippen MR) is 312 cm³/mol. The van der Waals surface area contributed by atoms with Crippen molar-refractivity contribution >= 4 is 79.4 Å². The SMILES string of the molecule is CC(C)(C)c1ccc(C(c2ccc3c(c2)N(c2ccccc2)c2cc(C(C)(C)C)cc4c2B3c2oc3c(c2N4c2ccccc2)CCCC3)c2ccc(C(C)(C)C)cc2-c2cccc3oc4ccccc4c23)cc1. The van der Waals surface area contributed by atoms with Crippen molar-refractivity contribution < 1.29 is 8.83 Å². The first-order valence-electron chi connectivity index (χ1n) is 26.9. The van der Waals surface area contributed by atoms with Crippen LogP contribution in [0.5, 0.6) is 0 Å². The first kappa shape index (κ1) is 46.3. The van der Waals surface area contributed by atoms with E-state index >= 15 is 0 Å². The molecule has 0 saturated heterocycles. The maximum absolute atomic E-state index is 7.37. The Morgan fingerprint density at radius 2 is 1.08 bits per heavy atom. The highest BCUT2D eigenvalue weighted by atomic mass is 16.3. The first-order valence-corrected chi connectivity index (χ1v) is 26.9. The van der Waals surface area contributed by atoms with E-state index in [-0.39, 0.29) is 28.9 Å². The van der Waals surface area contributed by atoms with Crippen LogP contribution in [0.1, 0.15) is 126 Å². The molecule has 0 spiro atoms. The van der Waals surface area contributed by atoms with E-state index in [0.29, 0.717) is 0 Å². The molecule has 4 nitrogen and oxygen atoms in total. The summed E-state index contributed by atoms with van der Waals surface area (Å²) in [4.78, 5) is 5.13. The lowest BCUT2D eigenvalue weighted by Gasteiger charge is -2.44. The highest BCUT2D eigenvalue weighted by Gasteiger charge is 2.48. The Balaban J connectivity index is 1.11. The average Bonchev–Trinajstić information content (AvgIpc) is 4.01. The van der Waals surface area contributed by atoms with Crippen molar-refractivity contribution in [2.24, 2.45) is 0 Å². The van der Waals surface area contributed by atoms with E-state index in [2.05, 4.69) is 248 Å². The van der Waals surface area contributed by atoms with E-state index in [1.54, 1.807) is 0 Å². The summed E-state index contributed by atoms with van der Waals surface area (Å²) in [6, 6.07) is 66.4. The van der Waals surface area contributed by atoms with Gasteiger partial charge in [0.05, 0.1) is 11.3 Å². The van der Waals surface area contributed by atoms with E-state index in [9.17, 15) is 0 Å². The molecule has 0 N–H and O–H groups in total. The molecule has 1 atom stereocenters. The third-order valence-electron chi connectivity index (χ3n) is 16.4. The van der Waals surface area contributed by atoms with Gasteiger partial charge in [0.2, 0.25) is 0 Å². The van der Waals surface area contributed by atoms with E-state index in [0.717, 1.165) is 70.4 Å². The second-order valence-corrected chi connectivity index (χ2v) is 24.3. The highest BCUT2D eigenvalue weighted by molar-refractivity contribution is 6.99. The van der Waals surface area contributed by atoms with E-state index in [4.69, 9.17) is 8.83 Å². The second kappa shape index (κ2) is 17.0. The molecule has 2 aromatic heterocycles. The van der Waals surface area contributed by atoms with Crippen LogP contribution in [0.15, 0.2) is 185 Å². The predicted octanol–water partition coefficient (Wildman–Crippen LogP) is 16.9. The number of para-hydroxylation sites is 3. The van der Waals surface area contributed by atoms with Gasteiger partial charge in [-0.3, -0.25) is 0 Å². The molecule has 1 unspecified atom stereocenters. The van der Waals surface area contributed by atoms with Gasteiger partial charge in [-0.1, -0.05) is 184 Å². The molecule has 3 aliphatic rings. The molecule has 0 fully saturated rings. The van der Waals surface area contributed by atoms with Crippen molar-refractivity contribution in [3.05, 3.63) is 221 Å². The van der Waals surface area contributed by atoms with Crippen LogP contribution < -0.4 is 26.4 Å². The Labute approximate surface area is 437 Å². The number of aryl methyl sites for hydroxylation is 1. The number of hydrogen-bond acceptors (Lipinski definition) is 4. The van der Waals surface area contributed by atoms with Crippen molar-refractivity contribution in [2.75, 3.05) is 9.80 Å². The Morgan fingerprint density at radius 1 is 0.473 bits per heavy atom. The minimum Gasteiger partial charge on any atom is -0.473 e. The quantitative estimate of drug-likeness (QED) is 0.123. The van der Waals surface area contributed by atoms with Crippen molar-refractivity contribution in [3.63, 3.8) is 0 Å². The molecule has 0 bridgehead atoms. The third kappa shape index (κ3) is 7.48. The summed E-state index contributed by atoms with van der Waals surface area (Å²) in [6.45, 7) is 20.8. The summed E-state index contributed by atoms with van der Waals surface area (Å²) in [7, 11) is 0. The van der Waals surface area contributed by atoms with Crippen molar-refractivity contribution in [3.8, 4) is 11.1 Å². The molecule has 2 aliphatic heterocycles. The summed E-state index contributed by atoms with van der Waals surface area (Å²) in [5, 5.41) is 2.28. The van der Waals surface area contributed by atoms with Crippen LogP contribution in [0.4, 0.5) is 34.1 Å². The Morgan fingerprint density at radius 3 is 1.78 bits per heavy atom. The summed E-state index contributed by atoms with van der Waals surface area (Å²) in [6.07, 6.45) is 4.29. The molecule has 0 amide bonds. The molecule has 0 saturated carbocycles. The molecule has 5 heteroatoms. The van der Waals surface area contributed by atoms with Gasteiger partial charge in [0.15, 0.2) is 0 Å². The number of rotatable bonds is 6. The van der Waals surface area contributed by atoms with Gasteiger partial charge in [0.25, 0.3) is 6.71 Å². The number of benzene rings is 8. The average molecular weight is 965 g/mol. The van der Waals surface area contributed by atoms with Crippen molar-refractivity contribution in [1.29, 1.82) is 0 Å². The van der Waals surface area contributed by atoms with E-state index < -0.39 is 0 Å². The Kier molecular flexibility index (Phi) is 10.7. The summed E-state index contributed by atoms with van der Waals surface area (Å²) in [5.74, 6) is 1.02. The minimum atomic E-state index is -0.132. The van der Waals surface area contributed by atoms with Crippen LogP contribution in [-0.4, -0.2) is 6.71 Å². The zero-order valence-corrected chi connectivity index (χ0v) is 44.4. The smallest absolute Gasteiger partial charge is 0.297 e. The van der Waals surface area contributed by atoms with Gasteiger partial charge >= 0.3 is 0 Å². The Bertz CT molecular complexity index is 3800. The van der Waals surface area contributed by atoms with Gasteiger partial charge in [-0.2, -0.15) is 0 Å². The lowest BCUT2D eigenvalue weighted by atomic mass is 9.35. The molecule has 0 radical (unpaired) electrons. The zero-order valence-electron chi connectivity index (χ0n) is 44.4. The van der Waals surface area contributed by atoms with Gasteiger partial charge in [-0.25, -0.2) is 0 Å². The third-order valence-corrected chi connectivity index (χ3v) is 16.4. The molecular weight excluding hydrogens is 900 g/mol. The second-order valence-electron chi connectivity index (χ2n) is 24.3. The van der Waals surface area contributed by atoms with Crippen molar-refractivity contribution in [1.82, 2.24) is 0 Å². The molecule has 4 heterocycles. The fourth-order valence-corrected chi connectivity index (χ4v) is 12.5. The molecule has 8 aromatic carbocycles. The van der Waals surface area contributed by atoms with Gasteiger partial charge in [-0.05, 0) is 146 Å². The standard InChI is InChI=1S/C69H65BN2O2/c1-67(2,3)45-34-31-43(32-35-45)62(51-37-36-46(68(4,5)6)40-54(51)50-27-20-30-61-63(50)52-25-16-18-28-59(52)73-61)44-33-38-55-56(39-44)71(48-21-12-10-13-22-48)57-41-47(69(7,8)9)42-58-64(57)70(55)66-65(53-26-17-19-29-60(53)74-66)72(58)49-23-14-11-15-24-49/h10-16,18,20-25,27-28,30-42,62H,17,19,26,29H2,1-9H3. The van der Waals surface area contributed by atoms with Crippen LogP contribution in [0.2, 0.25) is 0 Å². The van der Waals surface area contributed by atoms with Gasteiger partial charge in [-0.15, -0.1) is 0 Å². The number of nitrogens with zero attached hydrogens (tertiary/aromatic N) is 2. The first-order chi connectivity index (χ1) is 35.6. The maximum atomic E-state index is 7.37. The highest BCUT2D eigenvalue weighted by Crippen LogP contribution is 2.51. The summed E-state index contributed by atoms with van der Waals surface area (Å²) < 4.78 is 14.0. The normalized spacial score (nSPS) is 14.7. The van der Waals surface area contributed by atoms with Gasteiger partial charge in [0.1, 0.15) is 16.9 Å². The van der Waals surface area contributed by atoms with E-state index in [1.807, 2.05) is 0 Å². The van der Waals surface area contributed by atoms with Crippen LogP contribution in [0.25, 0.3) is 33.1 Å². The fourth-order valence-electron chi connectivity index (χ4n) is 12.5. The number of furan rings is 2. The largest absolute Gasteiger partial charge is 0.473 e. The molecule has 74 heavy (non-hydrogen) atoms. The minimum absolute atomic E-state index is 0.00565. The van der Waals surface area contributed by atoms with Crippen LogP contribution in [0, 0.1) is 0 Å². The van der Waals surface area contributed by atoms with E-state index in [1.165, 1.54) is 83.7 Å². The summed E-state index contributed by atoms with van der Waals surface area (Å²) in [5.41, 5.74) is 23.8. The maximum Gasteiger partial charge on any atom is 0.297 e. The molecule has 10 aromatic rings. The number of hydrogen-bond donors (Lipinski definition) is 0. The topological polar surface area (TPSA) is 32.8 Å². The number of fused-ring (bicyclic) bond motifs is 9. The van der Waals surface area contributed by atoms with Crippen molar-refractivity contribution in [2.45, 2.75) is 110 Å². The van der Waals surface area contributed by atoms with Crippen LogP contribution in [-0.2, 0) is 29.1 Å². The fraction of sp³-hybridized carbons (Fsp3) is 0.246. The number of anilines is 6. The molecule has 1 aliphatic carbocycles. The monoisotopic (exact) mass is 965 g/mol. The lowest BCUT2D eigenvalue weighted by molar-refractivity contribution is 0.497. The van der Waals surface area contributed by atoms with Gasteiger partial charge < -0.3 is 18.6 Å². The van der Waals surface area contributed by atoms with Crippen LogP contribution >= 0.6 is 0 Å². The Hall–Kier alpha value is -7.50. The lowest BCUT2D eigenvalue weighted by Crippen LogP contribution is -2.61.